The largest absolute Gasteiger partial charge is 0.370 e. The van der Waals surface area contributed by atoms with Crippen LogP contribution in [0.25, 0.3) is 0 Å². The lowest BCUT2D eigenvalue weighted by Crippen LogP contribution is -2.27. The molecule has 0 spiro atoms. The highest BCUT2D eigenvalue weighted by Crippen LogP contribution is 2.09. The lowest BCUT2D eigenvalue weighted by molar-refractivity contribution is 0.0938. The SMILES string of the molecule is CCCNc1cc(C(=O)NC(C)c2nn[nH]n2)ccn1. The van der Waals surface area contributed by atoms with Crippen molar-refractivity contribution in [3.8, 4) is 0 Å². The zero-order chi connectivity index (χ0) is 14.4. The molecule has 8 heteroatoms. The van der Waals surface area contributed by atoms with Crippen LogP contribution in [-0.2, 0) is 0 Å². The Bertz CT molecular complexity index is 555. The molecule has 0 bridgehead atoms. The van der Waals surface area contributed by atoms with E-state index in [0.717, 1.165) is 13.0 Å². The third-order valence-electron chi connectivity index (χ3n) is 2.67. The quantitative estimate of drug-likeness (QED) is 0.723. The third kappa shape index (κ3) is 3.50. The maximum Gasteiger partial charge on any atom is 0.252 e. The molecule has 0 aliphatic heterocycles. The highest BCUT2D eigenvalue weighted by molar-refractivity contribution is 5.94. The van der Waals surface area contributed by atoms with Gasteiger partial charge in [-0.1, -0.05) is 12.1 Å². The van der Waals surface area contributed by atoms with E-state index in [-0.39, 0.29) is 11.9 Å². The van der Waals surface area contributed by atoms with Gasteiger partial charge >= 0.3 is 0 Å². The van der Waals surface area contributed by atoms with Gasteiger partial charge < -0.3 is 10.6 Å². The van der Waals surface area contributed by atoms with Gasteiger partial charge in [-0.25, -0.2) is 4.98 Å². The number of hydrogen-bond donors (Lipinski definition) is 3. The van der Waals surface area contributed by atoms with E-state index in [4.69, 9.17) is 0 Å². The molecular weight excluding hydrogens is 258 g/mol. The first-order valence-corrected chi connectivity index (χ1v) is 6.45. The van der Waals surface area contributed by atoms with Gasteiger partial charge in [-0.2, -0.15) is 5.21 Å². The summed E-state index contributed by atoms with van der Waals surface area (Å²) >= 11 is 0. The number of tetrazole rings is 1. The zero-order valence-corrected chi connectivity index (χ0v) is 11.4. The summed E-state index contributed by atoms with van der Waals surface area (Å²) in [6, 6.07) is 3.06. The fourth-order valence-corrected chi connectivity index (χ4v) is 1.62. The minimum absolute atomic E-state index is 0.204. The summed E-state index contributed by atoms with van der Waals surface area (Å²) in [6.07, 6.45) is 2.60. The number of carbonyl (C=O) groups excluding carboxylic acids is 1. The van der Waals surface area contributed by atoms with E-state index >= 15 is 0 Å². The minimum Gasteiger partial charge on any atom is -0.370 e. The van der Waals surface area contributed by atoms with Crippen molar-refractivity contribution in [3.05, 3.63) is 29.7 Å². The highest BCUT2D eigenvalue weighted by atomic mass is 16.1. The number of amides is 1. The molecule has 1 unspecified atom stereocenters. The van der Waals surface area contributed by atoms with Gasteiger partial charge in [-0.15, -0.1) is 10.2 Å². The maximum absolute atomic E-state index is 12.1. The smallest absolute Gasteiger partial charge is 0.252 e. The summed E-state index contributed by atoms with van der Waals surface area (Å²) in [7, 11) is 0. The second kappa shape index (κ2) is 6.60. The molecule has 1 atom stereocenters. The van der Waals surface area contributed by atoms with E-state index < -0.39 is 0 Å². The predicted molar refractivity (Wildman–Crippen MR) is 73.1 cm³/mol. The van der Waals surface area contributed by atoms with Gasteiger partial charge in [-0.05, 0) is 25.5 Å². The maximum atomic E-state index is 12.1. The van der Waals surface area contributed by atoms with Crippen LogP contribution in [0.1, 0.15) is 42.5 Å². The van der Waals surface area contributed by atoms with Crippen LogP contribution in [0, 0.1) is 0 Å². The molecule has 20 heavy (non-hydrogen) atoms. The number of nitrogens with one attached hydrogen (secondary N) is 3. The van der Waals surface area contributed by atoms with Crippen LogP contribution in [0.3, 0.4) is 0 Å². The first-order chi connectivity index (χ1) is 9.70. The summed E-state index contributed by atoms with van der Waals surface area (Å²) in [6.45, 7) is 4.67. The lowest BCUT2D eigenvalue weighted by atomic mass is 10.2. The Hall–Kier alpha value is -2.51. The first-order valence-electron chi connectivity index (χ1n) is 6.45. The average molecular weight is 275 g/mol. The van der Waals surface area contributed by atoms with Crippen LogP contribution in [0.4, 0.5) is 5.82 Å². The van der Waals surface area contributed by atoms with Crippen molar-refractivity contribution < 1.29 is 4.79 Å². The van der Waals surface area contributed by atoms with Gasteiger partial charge in [0.25, 0.3) is 5.91 Å². The van der Waals surface area contributed by atoms with E-state index in [1.165, 1.54) is 0 Å². The van der Waals surface area contributed by atoms with Crippen molar-refractivity contribution in [2.24, 2.45) is 0 Å². The second-order valence-corrected chi connectivity index (χ2v) is 4.32. The topological polar surface area (TPSA) is 108 Å². The number of aromatic nitrogens is 5. The zero-order valence-electron chi connectivity index (χ0n) is 11.4. The fourth-order valence-electron chi connectivity index (χ4n) is 1.62. The van der Waals surface area contributed by atoms with E-state index in [2.05, 4.69) is 43.2 Å². The second-order valence-electron chi connectivity index (χ2n) is 4.32. The Morgan fingerprint density at radius 3 is 3.05 bits per heavy atom. The van der Waals surface area contributed by atoms with Crippen LogP contribution in [0.15, 0.2) is 18.3 Å². The fraction of sp³-hybridized carbons (Fsp3) is 0.417. The molecule has 0 radical (unpaired) electrons. The first kappa shape index (κ1) is 13.9. The molecular formula is C12H17N7O. The molecule has 0 aliphatic carbocycles. The molecule has 0 fully saturated rings. The molecule has 0 saturated carbocycles. The summed E-state index contributed by atoms with van der Waals surface area (Å²) < 4.78 is 0. The van der Waals surface area contributed by atoms with Crippen LogP contribution in [0.5, 0.6) is 0 Å². The van der Waals surface area contributed by atoms with Gasteiger partial charge in [0.15, 0.2) is 5.82 Å². The molecule has 0 aliphatic rings. The molecule has 2 aromatic heterocycles. The Labute approximate surface area is 116 Å². The highest BCUT2D eigenvalue weighted by Gasteiger charge is 2.15. The Morgan fingerprint density at radius 2 is 2.35 bits per heavy atom. The van der Waals surface area contributed by atoms with E-state index in [1.807, 2.05) is 0 Å². The predicted octanol–water partition coefficient (Wildman–Crippen LogP) is 0.908. The number of carbonyl (C=O) groups is 1. The van der Waals surface area contributed by atoms with Crippen LogP contribution in [0.2, 0.25) is 0 Å². The van der Waals surface area contributed by atoms with Crippen LogP contribution in [-0.4, -0.2) is 38.1 Å². The minimum atomic E-state index is -0.318. The number of H-pyrrole nitrogens is 1. The molecule has 2 aromatic rings. The van der Waals surface area contributed by atoms with Crippen molar-refractivity contribution in [1.82, 2.24) is 30.9 Å². The molecule has 106 valence electrons. The van der Waals surface area contributed by atoms with Gasteiger partial charge in [0.05, 0.1) is 6.04 Å². The third-order valence-corrected chi connectivity index (χ3v) is 2.67. The van der Waals surface area contributed by atoms with Crippen molar-refractivity contribution in [1.29, 1.82) is 0 Å². The van der Waals surface area contributed by atoms with Crippen molar-refractivity contribution in [3.63, 3.8) is 0 Å². The van der Waals surface area contributed by atoms with Crippen molar-refractivity contribution in [2.45, 2.75) is 26.3 Å². The summed E-state index contributed by atoms with van der Waals surface area (Å²) in [5.41, 5.74) is 0.536. The van der Waals surface area contributed by atoms with Crippen molar-refractivity contribution in [2.75, 3.05) is 11.9 Å². The summed E-state index contributed by atoms with van der Waals surface area (Å²) in [5, 5.41) is 19.4. The van der Waals surface area contributed by atoms with Crippen molar-refractivity contribution >= 4 is 11.7 Å². The number of pyridine rings is 1. The number of anilines is 1. The van der Waals surface area contributed by atoms with Crippen LogP contribution >= 0.6 is 0 Å². The summed E-state index contributed by atoms with van der Waals surface area (Å²) in [5.74, 6) is 0.924. The van der Waals surface area contributed by atoms with E-state index in [0.29, 0.717) is 17.2 Å². The van der Waals surface area contributed by atoms with Gasteiger partial charge in [0, 0.05) is 18.3 Å². The van der Waals surface area contributed by atoms with E-state index in [9.17, 15) is 4.79 Å². The molecule has 3 N–H and O–H groups in total. The molecule has 2 heterocycles. The van der Waals surface area contributed by atoms with Gasteiger partial charge in [0.1, 0.15) is 5.82 Å². The molecule has 0 aromatic carbocycles. The standard InChI is InChI=1S/C12H17N7O/c1-3-5-13-10-7-9(4-6-14-10)12(20)15-8(2)11-16-18-19-17-11/h4,6-8H,3,5H2,1-2H3,(H,13,14)(H,15,20)(H,16,17,18,19). The molecule has 8 nitrogen and oxygen atoms in total. The average Bonchev–Trinajstić information content (AvgIpc) is 2.99. The van der Waals surface area contributed by atoms with Crippen LogP contribution < -0.4 is 10.6 Å². The summed E-state index contributed by atoms with van der Waals surface area (Å²) in [4.78, 5) is 16.3. The molecule has 0 saturated heterocycles. The Balaban J connectivity index is 2.01. The van der Waals surface area contributed by atoms with Gasteiger partial charge in [-0.3, -0.25) is 4.79 Å². The number of nitrogens with zero attached hydrogens (tertiary/aromatic N) is 4. The number of aromatic amines is 1. The Kier molecular flexibility index (Phi) is 4.59. The molecule has 2 rings (SSSR count). The van der Waals surface area contributed by atoms with Gasteiger partial charge in [0.2, 0.25) is 0 Å². The van der Waals surface area contributed by atoms with E-state index in [1.54, 1.807) is 25.3 Å². The monoisotopic (exact) mass is 275 g/mol. The molecule has 1 amide bonds. The Morgan fingerprint density at radius 1 is 1.50 bits per heavy atom. The normalized spacial score (nSPS) is 11.9. The lowest BCUT2D eigenvalue weighted by Gasteiger charge is -2.11. The number of hydrogen-bond acceptors (Lipinski definition) is 6. The number of rotatable bonds is 6.